The van der Waals surface area contributed by atoms with Gasteiger partial charge in [-0.1, -0.05) is 37.3 Å². The van der Waals surface area contributed by atoms with Gasteiger partial charge in [-0.15, -0.1) is 11.8 Å². The lowest BCUT2D eigenvalue weighted by atomic mass is 9.95. The molecule has 186 valence electrons. The number of hydrogen-bond acceptors (Lipinski definition) is 7. The second-order valence-electron chi connectivity index (χ2n) is 8.60. The molecule has 4 amide bonds. The van der Waals surface area contributed by atoms with Crippen LogP contribution in [0.5, 0.6) is 5.75 Å². The Balaban J connectivity index is 1.54. The van der Waals surface area contributed by atoms with Gasteiger partial charge < -0.3 is 15.0 Å². The third kappa shape index (κ3) is 5.14. The van der Waals surface area contributed by atoms with Crippen LogP contribution in [0.4, 0.5) is 10.5 Å². The zero-order chi connectivity index (χ0) is 25.1. The number of aryl methyl sites for hydroxylation is 1. The standard InChI is InChI=1S/C25H31N5O4S/c1-5-15-10-12-16(13-11-15)26-19(31)14-35-23-20-22(29(2)25(33)30(3)24(20)32)27-21(28-23)17-8-6-7-9-18(17)34-4/h6-13,20-23,27-28H,5,14H2,1-4H3,(H,26,31). The van der Waals surface area contributed by atoms with Gasteiger partial charge in [-0.05, 0) is 30.2 Å². The molecular formula is C25H31N5O4S. The number of nitrogens with zero attached hydrogens (tertiary/aromatic N) is 2. The van der Waals surface area contributed by atoms with Crippen molar-refractivity contribution in [2.45, 2.75) is 31.0 Å². The van der Waals surface area contributed by atoms with E-state index in [-0.39, 0.29) is 29.8 Å². The van der Waals surface area contributed by atoms with E-state index in [1.54, 1.807) is 14.2 Å². The van der Waals surface area contributed by atoms with Crippen LogP contribution >= 0.6 is 11.8 Å². The minimum Gasteiger partial charge on any atom is -0.496 e. The number of rotatable bonds is 7. The van der Waals surface area contributed by atoms with Crippen molar-refractivity contribution in [3.05, 3.63) is 59.7 Å². The number of carbonyl (C=O) groups excluding carboxylic acids is 3. The van der Waals surface area contributed by atoms with Gasteiger partial charge in [0.1, 0.15) is 5.75 Å². The monoisotopic (exact) mass is 497 g/mol. The van der Waals surface area contributed by atoms with Crippen LogP contribution in [0.1, 0.15) is 24.2 Å². The molecule has 0 bridgehead atoms. The number of benzene rings is 2. The Bertz CT molecular complexity index is 1100. The highest BCUT2D eigenvalue weighted by Crippen LogP contribution is 2.36. The number of urea groups is 1. The van der Waals surface area contributed by atoms with Crippen LogP contribution in [-0.4, -0.2) is 66.1 Å². The van der Waals surface area contributed by atoms with E-state index in [4.69, 9.17) is 4.74 Å². The lowest BCUT2D eigenvalue weighted by Gasteiger charge is -2.50. The number of imide groups is 1. The lowest BCUT2D eigenvalue weighted by molar-refractivity contribution is -0.140. The maximum atomic E-state index is 13.1. The normalized spacial score (nSPS) is 24.2. The first-order chi connectivity index (χ1) is 16.8. The van der Waals surface area contributed by atoms with Gasteiger partial charge in [0.05, 0.1) is 36.5 Å². The van der Waals surface area contributed by atoms with Crippen molar-refractivity contribution in [3.63, 3.8) is 0 Å². The molecule has 9 nitrogen and oxygen atoms in total. The Morgan fingerprint density at radius 1 is 1.09 bits per heavy atom. The van der Waals surface area contributed by atoms with Crippen LogP contribution in [-0.2, 0) is 16.0 Å². The smallest absolute Gasteiger partial charge is 0.327 e. The van der Waals surface area contributed by atoms with Crippen LogP contribution in [0.15, 0.2) is 48.5 Å². The molecule has 35 heavy (non-hydrogen) atoms. The first-order valence-corrected chi connectivity index (χ1v) is 12.6. The van der Waals surface area contributed by atoms with Gasteiger partial charge in [0.2, 0.25) is 11.8 Å². The van der Waals surface area contributed by atoms with E-state index in [0.717, 1.165) is 22.6 Å². The lowest BCUT2D eigenvalue weighted by Crippen LogP contribution is -2.72. The summed E-state index contributed by atoms with van der Waals surface area (Å²) in [6.45, 7) is 2.08. The number of thioether (sulfide) groups is 1. The van der Waals surface area contributed by atoms with Gasteiger partial charge >= 0.3 is 6.03 Å². The maximum absolute atomic E-state index is 13.1. The minimum absolute atomic E-state index is 0.143. The topological polar surface area (TPSA) is 103 Å². The molecule has 4 unspecified atom stereocenters. The van der Waals surface area contributed by atoms with Crippen LogP contribution in [0, 0.1) is 5.92 Å². The molecule has 2 aliphatic rings. The molecule has 2 aromatic carbocycles. The van der Waals surface area contributed by atoms with Crippen LogP contribution < -0.4 is 20.7 Å². The number of nitrogens with one attached hydrogen (secondary N) is 3. The largest absolute Gasteiger partial charge is 0.496 e. The van der Waals surface area contributed by atoms with E-state index in [9.17, 15) is 14.4 Å². The molecular weight excluding hydrogens is 466 g/mol. The Morgan fingerprint density at radius 3 is 2.49 bits per heavy atom. The zero-order valence-electron chi connectivity index (χ0n) is 20.3. The first-order valence-electron chi connectivity index (χ1n) is 11.5. The fraction of sp³-hybridized carbons (Fsp3) is 0.400. The van der Waals surface area contributed by atoms with E-state index < -0.39 is 17.5 Å². The molecule has 0 aliphatic carbocycles. The molecule has 10 heteroatoms. The van der Waals surface area contributed by atoms with E-state index in [1.165, 1.54) is 29.3 Å². The Morgan fingerprint density at radius 2 is 1.80 bits per heavy atom. The van der Waals surface area contributed by atoms with Crippen molar-refractivity contribution in [2.75, 3.05) is 32.3 Å². The Labute approximate surface area is 209 Å². The number of hydrogen-bond donors (Lipinski definition) is 3. The number of fused-ring (bicyclic) bond motifs is 1. The SMILES string of the molecule is CCc1ccc(NC(=O)CSC2NC(c3ccccc3OC)NC3C2C(=O)N(C)C(=O)N3C)cc1. The molecule has 0 aromatic heterocycles. The number of methoxy groups -OCH3 is 1. The van der Waals surface area contributed by atoms with Crippen LogP contribution in [0.25, 0.3) is 0 Å². The summed E-state index contributed by atoms with van der Waals surface area (Å²) in [7, 11) is 4.76. The number of para-hydroxylation sites is 1. The van der Waals surface area contributed by atoms with Gasteiger partial charge in [-0.25, -0.2) is 4.79 Å². The first kappa shape index (κ1) is 25.0. The van der Waals surface area contributed by atoms with Crippen molar-refractivity contribution in [1.82, 2.24) is 20.4 Å². The molecule has 2 heterocycles. The highest BCUT2D eigenvalue weighted by atomic mass is 32.2. The molecule has 0 spiro atoms. The second kappa shape index (κ2) is 10.7. The summed E-state index contributed by atoms with van der Waals surface area (Å²) in [4.78, 5) is 41.2. The molecule has 4 rings (SSSR count). The van der Waals surface area contributed by atoms with Crippen LogP contribution in [0.3, 0.4) is 0 Å². The summed E-state index contributed by atoms with van der Waals surface area (Å²) in [6, 6.07) is 15.0. The Kier molecular flexibility index (Phi) is 7.63. The fourth-order valence-corrected chi connectivity index (χ4v) is 5.58. The minimum atomic E-state index is -0.574. The summed E-state index contributed by atoms with van der Waals surface area (Å²) in [5, 5.41) is 9.37. The number of ether oxygens (including phenoxy) is 1. The quantitative estimate of drug-likeness (QED) is 0.540. The maximum Gasteiger partial charge on any atom is 0.327 e. The van der Waals surface area contributed by atoms with Gasteiger partial charge in [0, 0.05) is 25.3 Å². The van der Waals surface area contributed by atoms with E-state index in [1.807, 2.05) is 48.5 Å². The average molecular weight is 498 g/mol. The van der Waals surface area contributed by atoms with Gasteiger partial charge in [0.15, 0.2) is 0 Å². The van der Waals surface area contributed by atoms with Crippen molar-refractivity contribution in [3.8, 4) is 5.75 Å². The van der Waals surface area contributed by atoms with E-state index in [0.29, 0.717) is 5.75 Å². The fourth-order valence-electron chi connectivity index (χ4n) is 4.47. The molecule has 2 fully saturated rings. The molecule has 2 saturated heterocycles. The predicted molar refractivity (Wildman–Crippen MR) is 136 cm³/mol. The summed E-state index contributed by atoms with van der Waals surface area (Å²) in [5.74, 6) is -0.198. The van der Waals surface area contributed by atoms with Crippen molar-refractivity contribution >= 4 is 35.3 Å². The summed E-state index contributed by atoms with van der Waals surface area (Å²) < 4.78 is 5.53. The van der Waals surface area contributed by atoms with Crippen molar-refractivity contribution in [1.29, 1.82) is 0 Å². The van der Waals surface area contributed by atoms with Gasteiger partial charge in [-0.2, -0.15) is 0 Å². The van der Waals surface area contributed by atoms with Crippen molar-refractivity contribution < 1.29 is 19.1 Å². The van der Waals surface area contributed by atoms with Crippen LogP contribution in [0.2, 0.25) is 0 Å². The summed E-state index contributed by atoms with van der Waals surface area (Å²) in [5.41, 5.74) is 2.78. The van der Waals surface area contributed by atoms with E-state index in [2.05, 4.69) is 22.9 Å². The molecule has 0 saturated carbocycles. The number of amides is 4. The van der Waals surface area contributed by atoms with Gasteiger partial charge in [-0.3, -0.25) is 25.1 Å². The predicted octanol–water partition coefficient (Wildman–Crippen LogP) is 2.61. The molecule has 3 N–H and O–H groups in total. The Hall–Kier alpha value is -3.08. The molecule has 2 aliphatic heterocycles. The second-order valence-corrected chi connectivity index (χ2v) is 9.73. The summed E-state index contributed by atoms with van der Waals surface area (Å²) in [6.07, 6.45) is 0.00591. The van der Waals surface area contributed by atoms with Crippen molar-refractivity contribution in [2.24, 2.45) is 5.92 Å². The number of anilines is 1. The summed E-state index contributed by atoms with van der Waals surface area (Å²) >= 11 is 1.35. The zero-order valence-corrected chi connectivity index (χ0v) is 21.1. The highest BCUT2D eigenvalue weighted by Gasteiger charge is 2.51. The third-order valence-electron chi connectivity index (χ3n) is 6.45. The number of carbonyl (C=O) groups is 3. The molecule has 2 aromatic rings. The highest BCUT2D eigenvalue weighted by molar-refractivity contribution is 8.00. The van der Waals surface area contributed by atoms with E-state index >= 15 is 0 Å². The average Bonchev–Trinajstić information content (AvgIpc) is 2.89. The van der Waals surface area contributed by atoms with Gasteiger partial charge in [0.25, 0.3) is 0 Å². The molecule has 0 radical (unpaired) electrons. The third-order valence-corrected chi connectivity index (χ3v) is 7.66. The molecule has 4 atom stereocenters.